The average molecular weight is 295 g/mol. The fraction of sp³-hybridized carbons (Fsp3) is 0.429. The van der Waals surface area contributed by atoms with Crippen LogP contribution in [0.15, 0.2) is 18.2 Å². The highest BCUT2D eigenvalue weighted by Gasteiger charge is 2.20. The summed E-state index contributed by atoms with van der Waals surface area (Å²) in [5.74, 6) is -0.546. The number of carbonyl (C=O) groups excluding carboxylic acids is 2. The van der Waals surface area contributed by atoms with Crippen molar-refractivity contribution in [3.63, 3.8) is 0 Å². The van der Waals surface area contributed by atoms with Crippen LogP contribution in [-0.4, -0.2) is 49.7 Å². The average Bonchev–Trinajstić information content (AvgIpc) is 2.84. The molecule has 2 N–H and O–H groups in total. The molecule has 2 amide bonds. The van der Waals surface area contributed by atoms with Crippen LogP contribution in [0, 0.1) is 12.7 Å². The first-order valence-electron chi connectivity index (χ1n) is 6.74. The highest BCUT2D eigenvalue weighted by molar-refractivity contribution is 5.92. The van der Waals surface area contributed by atoms with E-state index in [0.717, 1.165) is 0 Å². The molecule has 0 aromatic heterocycles. The number of aryl methyl sites for hydroxylation is 1. The molecule has 1 fully saturated rings. The summed E-state index contributed by atoms with van der Waals surface area (Å²) in [6.45, 7) is 3.86. The van der Waals surface area contributed by atoms with Gasteiger partial charge in [-0.05, 0) is 30.7 Å². The SMILES string of the molecule is Cc1cc(F)ccc1NC(=O)CNCCN1CCOC1=O. The summed E-state index contributed by atoms with van der Waals surface area (Å²) >= 11 is 0. The first-order chi connectivity index (χ1) is 10.1. The molecule has 114 valence electrons. The van der Waals surface area contributed by atoms with Gasteiger partial charge in [0.25, 0.3) is 0 Å². The van der Waals surface area contributed by atoms with Crippen LogP contribution >= 0.6 is 0 Å². The third-order valence-corrected chi connectivity index (χ3v) is 3.15. The van der Waals surface area contributed by atoms with Gasteiger partial charge in [-0.1, -0.05) is 0 Å². The summed E-state index contributed by atoms with van der Waals surface area (Å²) in [6, 6.07) is 4.19. The lowest BCUT2D eigenvalue weighted by atomic mass is 10.2. The van der Waals surface area contributed by atoms with Crippen LogP contribution < -0.4 is 10.6 Å². The Morgan fingerprint density at radius 2 is 2.29 bits per heavy atom. The van der Waals surface area contributed by atoms with Gasteiger partial charge in [-0.15, -0.1) is 0 Å². The zero-order valence-corrected chi connectivity index (χ0v) is 11.8. The van der Waals surface area contributed by atoms with Crippen LogP contribution in [-0.2, 0) is 9.53 Å². The van der Waals surface area contributed by atoms with Crippen molar-refractivity contribution in [1.29, 1.82) is 0 Å². The monoisotopic (exact) mass is 295 g/mol. The van der Waals surface area contributed by atoms with E-state index in [0.29, 0.717) is 37.5 Å². The van der Waals surface area contributed by atoms with Crippen molar-refractivity contribution in [1.82, 2.24) is 10.2 Å². The Morgan fingerprint density at radius 3 is 2.95 bits per heavy atom. The molecule has 0 radical (unpaired) electrons. The van der Waals surface area contributed by atoms with E-state index in [1.165, 1.54) is 18.2 Å². The van der Waals surface area contributed by atoms with Crippen LogP contribution in [0.25, 0.3) is 0 Å². The third kappa shape index (κ3) is 4.42. The second-order valence-corrected chi connectivity index (χ2v) is 4.79. The number of carbonyl (C=O) groups is 2. The molecule has 0 saturated carbocycles. The lowest BCUT2D eigenvalue weighted by Crippen LogP contribution is -2.36. The molecule has 1 heterocycles. The van der Waals surface area contributed by atoms with Crippen LogP contribution in [0.3, 0.4) is 0 Å². The number of nitrogens with zero attached hydrogens (tertiary/aromatic N) is 1. The fourth-order valence-corrected chi connectivity index (χ4v) is 2.01. The molecule has 1 aliphatic heterocycles. The van der Waals surface area contributed by atoms with Crippen molar-refractivity contribution in [3.05, 3.63) is 29.6 Å². The molecule has 0 aliphatic carbocycles. The Labute approximate surface area is 122 Å². The van der Waals surface area contributed by atoms with Crippen molar-refractivity contribution in [2.24, 2.45) is 0 Å². The minimum atomic E-state index is -0.332. The highest BCUT2D eigenvalue weighted by atomic mass is 19.1. The topological polar surface area (TPSA) is 70.7 Å². The number of ether oxygens (including phenoxy) is 1. The second-order valence-electron chi connectivity index (χ2n) is 4.79. The summed E-state index contributed by atoms with van der Waals surface area (Å²) in [6.07, 6.45) is -0.316. The summed E-state index contributed by atoms with van der Waals surface area (Å²) < 4.78 is 17.7. The lowest BCUT2D eigenvalue weighted by Gasteiger charge is -2.13. The number of amides is 2. The number of cyclic esters (lactones) is 1. The zero-order valence-electron chi connectivity index (χ0n) is 11.8. The van der Waals surface area contributed by atoms with Gasteiger partial charge in [-0.3, -0.25) is 4.79 Å². The van der Waals surface area contributed by atoms with Crippen LogP contribution in [0.5, 0.6) is 0 Å². The predicted octanol–water partition coefficient (Wildman–Crippen LogP) is 1.11. The zero-order chi connectivity index (χ0) is 15.2. The van der Waals surface area contributed by atoms with E-state index in [1.807, 2.05) is 0 Å². The quantitative estimate of drug-likeness (QED) is 0.771. The molecule has 1 saturated heterocycles. The van der Waals surface area contributed by atoms with Gasteiger partial charge in [0.05, 0.1) is 13.1 Å². The Balaban J connectivity index is 1.68. The van der Waals surface area contributed by atoms with E-state index in [2.05, 4.69) is 10.6 Å². The van der Waals surface area contributed by atoms with Gasteiger partial charge < -0.3 is 20.3 Å². The molecule has 0 unspecified atom stereocenters. The van der Waals surface area contributed by atoms with E-state index in [4.69, 9.17) is 4.74 Å². The van der Waals surface area contributed by atoms with Gasteiger partial charge >= 0.3 is 6.09 Å². The maximum atomic E-state index is 12.9. The second kappa shape index (κ2) is 7.03. The number of benzene rings is 1. The summed E-state index contributed by atoms with van der Waals surface area (Å²) in [4.78, 5) is 24.5. The fourth-order valence-electron chi connectivity index (χ4n) is 2.01. The number of halogens is 1. The molecule has 6 nitrogen and oxygen atoms in total. The minimum absolute atomic E-state index is 0.125. The Hall–Kier alpha value is -2.15. The molecular formula is C14H18FN3O3. The number of nitrogens with one attached hydrogen (secondary N) is 2. The smallest absolute Gasteiger partial charge is 0.409 e. The van der Waals surface area contributed by atoms with Crippen molar-refractivity contribution >= 4 is 17.7 Å². The number of hydrogen-bond acceptors (Lipinski definition) is 4. The van der Waals surface area contributed by atoms with Gasteiger partial charge in [0.1, 0.15) is 12.4 Å². The Morgan fingerprint density at radius 1 is 1.48 bits per heavy atom. The van der Waals surface area contributed by atoms with E-state index in [-0.39, 0.29) is 24.4 Å². The maximum Gasteiger partial charge on any atom is 0.409 e. The molecule has 1 aliphatic rings. The molecule has 0 atom stereocenters. The molecule has 1 aromatic rings. The largest absolute Gasteiger partial charge is 0.448 e. The van der Waals surface area contributed by atoms with E-state index in [9.17, 15) is 14.0 Å². The Kier molecular flexibility index (Phi) is 5.10. The van der Waals surface area contributed by atoms with E-state index in [1.54, 1.807) is 11.8 Å². The highest BCUT2D eigenvalue weighted by Crippen LogP contribution is 2.15. The van der Waals surface area contributed by atoms with Crippen LogP contribution in [0.4, 0.5) is 14.9 Å². The van der Waals surface area contributed by atoms with Crippen molar-refractivity contribution < 1.29 is 18.7 Å². The minimum Gasteiger partial charge on any atom is -0.448 e. The van der Waals surface area contributed by atoms with Gasteiger partial charge in [0, 0.05) is 18.8 Å². The van der Waals surface area contributed by atoms with Crippen LogP contribution in [0.1, 0.15) is 5.56 Å². The first-order valence-corrected chi connectivity index (χ1v) is 6.74. The molecular weight excluding hydrogens is 277 g/mol. The summed E-state index contributed by atoms with van der Waals surface area (Å²) in [5, 5.41) is 5.65. The molecule has 7 heteroatoms. The van der Waals surface area contributed by atoms with E-state index < -0.39 is 0 Å². The van der Waals surface area contributed by atoms with Gasteiger partial charge in [-0.25, -0.2) is 9.18 Å². The van der Waals surface area contributed by atoms with Gasteiger partial charge in [0.2, 0.25) is 5.91 Å². The lowest BCUT2D eigenvalue weighted by molar-refractivity contribution is -0.115. The predicted molar refractivity (Wildman–Crippen MR) is 75.6 cm³/mol. The summed E-state index contributed by atoms with van der Waals surface area (Å²) in [7, 11) is 0. The maximum absolute atomic E-state index is 12.9. The molecule has 0 spiro atoms. The van der Waals surface area contributed by atoms with Crippen molar-refractivity contribution in [3.8, 4) is 0 Å². The molecule has 0 bridgehead atoms. The normalized spacial score (nSPS) is 14.2. The van der Waals surface area contributed by atoms with Crippen molar-refractivity contribution in [2.75, 3.05) is 38.1 Å². The van der Waals surface area contributed by atoms with Crippen molar-refractivity contribution in [2.45, 2.75) is 6.92 Å². The molecule has 1 aromatic carbocycles. The summed E-state index contributed by atoms with van der Waals surface area (Å²) in [5.41, 5.74) is 1.26. The standard InChI is InChI=1S/C14H18FN3O3/c1-10-8-11(15)2-3-12(10)17-13(19)9-16-4-5-18-6-7-21-14(18)20/h2-3,8,16H,4-7,9H2,1H3,(H,17,19). The van der Waals surface area contributed by atoms with E-state index >= 15 is 0 Å². The molecule has 2 rings (SSSR count). The van der Waals surface area contributed by atoms with Gasteiger partial charge in [-0.2, -0.15) is 0 Å². The third-order valence-electron chi connectivity index (χ3n) is 3.15. The Bertz CT molecular complexity index is 536. The number of hydrogen-bond donors (Lipinski definition) is 2. The van der Waals surface area contributed by atoms with Gasteiger partial charge in [0.15, 0.2) is 0 Å². The van der Waals surface area contributed by atoms with Crippen LogP contribution in [0.2, 0.25) is 0 Å². The first kappa shape index (κ1) is 15.2. The number of rotatable bonds is 6. The molecule has 21 heavy (non-hydrogen) atoms. The number of anilines is 1.